The summed E-state index contributed by atoms with van der Waals surface area (Å²) in [5.74, 6) is 0.847. The Kier molecular flexibility index (Phi) is 5.63. The van der Waals surface area contributed by atoms with Crippen molar-refractivity contribution in [2.24, 2.45) is 0 Å². The molecule has 0 amide bonds. The van der Waals surface area contributed by atoms with Gasteiger partial charge in [0, 0.05) is 22.3 Å². The third kappa shape index (κ3) is 4.92. The van der Waals surface area contributed by atoms with Gasteiger partial charge in [0.15, 0.2) is 0 Å². The van der Waals surface area contributed by atoms with Crippen LogP contribution in [-0.2, 0) is 13.2 Å². The summed E-state index contributed by atoms with van der Waals surface area (Å²) in [6.45, 7) is 1.28. The molecule has 4 heteroatoms. The van der Waals surface area contributed by atoms with Gasteiger partial charge in [-0.15, -0.1) is 0 Å². The monoisotopic (exact) mass is 357 g/mol. The lowest BCUT2D eigenvalue weighted by Crippen LogP contribution is -1.99. The number of hydrogen-bond acceptors (Lipinski definition) is 2. The molecule has 0 aliphatic heterocycles. The molecule has 0 saturated heterocycles. The molecular weight excluding hydrogens is 341 g/mol. The molecule has 0 atom stereocenters. The minimum Gasteiger partial charge on any atom is -0.489 e. The number of ether oxygens (including phenoxy) is 1. The van der Waals surface area contributed by atoms with Crippen molar-refractivity contribution in [3.05, 3.63) is 94.0 Å². The van der Waals surface area contributed by atoms with E-state index < -0.39 is 0 Å². The van der Waals surface area contributed by atoms with Crippen LogP contribution in [0.5, 0.6) is 5.75 Å². The largest absolute Gasteiger partial charge is 0.489 e. The van der Waals surface area contributed by atoms with E-state index in [0.29, 0.717) is 6.61 Å². The molecule has 0 aliphatic rings. The minimum absolute atomic E-state index is 0.527. The lowest BCUT2D eigenvalue weighted by Gasteiger charge is -2.09. The van der Waals surface area contributed by atoms with Crippen LogP contribution in [0.25, 0.3) is 0 Å². The van der Waals surface area contributed by atoms with Gasteiger partial charge in [0.25, 0.3) is 0 Å². The fourth-order valence-corrected chi connectivity index (χ4v) is 2.47. The highest BCUT2D eigenvalue weighted by Gasteiger charge is 1.99. The molecule has 3 rings (SSSR count). The Balaban J connectivity index is 1.51. The predicted molar refractivity (Wildman–Crippen MR) is 101 cm³/mol. The zero-order valence-electron chi connectivity index (χ0n) is 13.0. The molecule has 0 aromatic heterocycles. The topological polar surface area (TPSA) is 21.3 Å². The van der Waals surface area contributed by atoms with E-state index in [0.717, 1.165) is 33.6 Å². The van der Waals surface area contributed by atoms with Crippen LogP contribution in [0.2, 0.25) is 10.0 Å². The smallest absolute Gasteiger partial charge is 0.119 e. The average Bonchev–Trinajstić information content (AvgIpc) is 2.62. The second kappa shape index (κ2) is 8.09. The Morgan fingerprint density at radius 3 is 1.83 bits per heavy atom. The summed E-state index contributed by atoms with van der Waals surface area (Å²) in [6.07, 6.45) is 0. The fraction of sp³-hybridized carbons (Fsp3) is 0.100. The highest BCUT2D eigenvalue weighted by Crippen LogP contribution is 2.18. The Bertz CT molecular complexity index is 700. The maximum atomic E-state index is 5.88. The summed E-state index contributed by atoms with van der Waals surface area (Å²) in [4.78, 5) is 0. The van der Waals surface area contributed by atoms with Crippen LogP contribution >= 0.6 is 23.2 Å². The molecule has 3 aromatic carbocycles. The highest BCUT2D eigenvalue weighted by atomic mass is 35.5. The molecule has 0 heterocycles. The molecule has 1 N–H and O–H groups in total. The molecule has 0 aliphatic carbocycles. The summed E-state index contributed by atoms with van der Waals surface area (Å²) in [7, 11) is 0. The summed E-state index contributed by atoms with van der Waals surface area (Å²) < 4.78 is 5.78. The average molecular weight is 358 g/mol. The van der Waals surface area contributed by atoms with Gasteiger partial charge in [-0.1, -0.05) is 47.5 Å². The van der Waals surface area contributed by atoms with Crippen molar-refractivity contribution in [1.29, 1.82) is 0 Å². The van der Waals surface area contributed by atoms with Crippen molar-refractivity contribution in [3.8, 4) is 5.75 Å². The number of hydrogen-bond donors (Lipinski definition) is 1. The van der Waals surface area contributed by atoms with Gasteiger partial charge in [-0.25, -0.2) is 0 Å². The summed E-state index contributed by atoms with van der Waals surface area (Å²) >= 11 is 11.8. The molecule has 0 spiro atoms. The molecular formula is C20H17Cl2NO. The van der Waals surface area contributed by atoms with E-state index in [1.54, 1.807) is 0 Å². The third-order valence-electron chi connectivity index (χ3n) is 3.58. The fourth-order valence-electron chi connectivity index (χ4n) is 2.22. The van der Waals surface area contributed by atoms with Gasteiger partial charge >= 0.3 is 0 Å². The van der Waals surface area contributed by atoms with Crippen LogP contribution in [0.15, 0.2) is 72.8 Å². The number of nitrogens with one attached hydrogen (secondary N) is 1. The molecule has 24 heavy (non-hydrogen) atoms. The van der Waals surface area contributed by atoms with Gasteiger partial charge < -0.3 is 10.1 Å². The number of halogens is 2. The molecule has 2 nitrogen and oxygen atoms in total. The van der Waals surface area contributed by atoms with Gasteiger partial charge in [0.05, 0.1) is 0 Å². The van der Waals surface area contributed by atoms with E-state index in [1.807, 2.05) is 60.7 Å². The molecule has 3 aromatic rings. The normalized spacial score (nSPS) is 10.4. The van der Waals surface area contributed by atoms with Gasteiger partial charge in [-0.05, 0) is 59.7 Å². The quantitative estimate of drug-likeness (QED) is 0.568. The third-order valence-corrected chi connectivity index (χ3v) is 4.09. The Morgan fingerprint density at radius 2 is 1.21 bits per heavy atom. The zero-order chi connectivity index (χ0) is 16.8. The van der Waals surface area contributed by atoms with E-state index in [1.165, 1.54) is 5.56 Å². The molecule has 0 unspecified atom stereocenters. The maximum Gasteiger partial charge on any atom is 0.119 e. The van der Waals surface area contributed by atoms with E-state index in [2.05, 4.69) is 17.4 Å². The van der Waals surface area contributed by atoms with Crippen molar-refractivity contribution in [3.63, 3.8) is 0 Å². The predicted octanol–water partition coefficient (Wildman–Crippen LogP) is 6.18. The molecule has 122 valence electrons. The summed E-state index contributed by atoms with van der Waals surface area (Å²) in [5, 5.41) is 4.83. The summed E-state index contributed by atoms with van der Waals surface area (Å²) in [6, 6.07) is 23.4. The van der Waals surface area contributed by atoms with Crippen molar-refractivity contribution in [1.82, 2.24) is 0 Å². The first-order valence-corrected chi connectivity index (χ1v) is 8.40. The number of benzene rings is 3. The SMILES string of the molecule is Clc1ccc(COc2ccc(CNc3ccc(Cl)cc3)cc2)cc1. The van der Waals surface area contributed by atoms with Crippen LogP contribution in [0.1, 0.15) is 11.1 Å². The van der Waals surface area contributed by atoms with E-state index in [9.17, 15) is 0 Å². The maximum absolute atomic E-state index is 5.88. The molecule has 0 saturated carbocycles. The zero-order valence-corrected chi connectivity index (χ0v) is 14.5. The number of anilines is 1. The van der Waals surface area contributed by atoms with Gasteiger partial charge in [0.1, 0.15) is 12.4 Å². The van der Waals surface area contributed by atoms with Gasteiger partial charge in [0.2, 0.25) is 0 Å². The van der Waals surface area contributed by atoms with Crippen molar-refractivity contribution < 1.29 is 4.74 Å². The van der Waals surface area contributed by atoms with E-state index >= 15 is 0 Å². The lowest BCUT2D eigenvalue weighted by atomic mass is 10.2. The minimum atomic E-state index is 0.527. The Morgan fingerprint density at radius 1 is 0.667 bits per heavy atom. The van der Waals surface area contributed by atoms with Crippen LogP contribution in [0.4, 0.5) is 5.69 Å². The van der Waals surface area contributed by atoms with E-state index in [-0.39, 0.29) is 0 Å². The first-order chi connectivity index (χ1) is 11.7. The van der Waals surface area contributed by atoms with Gasteiger partial charge in [-0.2, -0.15) is 0 Å². The summed E-state index contributed by atoms with van der Waals surface area (Å²) in [5.41, 5.74) is 3.32. The Labute approximate surface area is 152 Å². The second-order valence-corrected chi connectivity index (χ2v) is 6.29. The molecule has 0 bridgehead atoms. The highest BCUT2D eigenvalue weighted by molar-refractivity contribution is 6.30. The lowest BCUT2D eigenvalue weighted by molar-refractivity contribution is 0.306. The van der Waals surface area contributed by atoms with Crippen molar-refractivity contribution in [2.75, 3.05) is 5.32 Å². The number of rotatable bonds is 6. The van der Waals surface area contributed by atoms with E-state index in [4.69, 9.17) is 27.9 Å². The first-order valence-electron chi connectivity index (χ1n) is 7.65. The molecule has 0 radical (unpaired) electrons. The molecule has 0 fully saturated rings. The van der Waals surface area contributed by atoms with Gasteiger partial charge in [-0.3, -0.25) is 0 Å². The van der Waals surface area contributed by atoms with Crippen LogP contribution in [-0.4, -0.2) is 0 Å². The van der Waals surface area contributed by atoms with Crippen LogP contribution in [0, 0.1) is 0 Å². The van der Waals surface area contributed by atoms with Crippen molar-refractivity contribution in [2.45, 2.75) is 13.2 Å². The van der Waals surface area contributed by atoms with Crippen LogP contribution < -0.4 is 10.1 Å². The van der Waals surface area contributed by atoms with Crippen LogP contribution in [0.3, 0.4) is 0 Å². The Hall–Kier alpha value is -2.16. The standard InChI is InChI=1S/C20H17Cl2NO/c21-17-5-1-16(2-6-17)14-24-20-11-3-15(4-12-20)13-23-19-9-7-18(22)8-10-19/h1-12,23H,13-14H2. The second-order valence-electron chi connectivity index (χ2n) is 5.42. The first kappa shape index (κ1) is 16.7. The van der Waals surface area contributed by atoms with Crippen molar-refractivity contribution >= 4 is 28.9 Å².